The molecule has 0 aliphatic heterocycles. The van der Waals surface area contributed by atoms with Gasteiger partial charge in [0.1, 0.15) is 11.8 Å². The number of rotatable bonds is 7. The molecule has 0 radical (unpaired) electrons. The van der Waals surface area contributed by atoms with Gasteiger partial charge in [0.05, 0.1) is 12.0 Å². The summed E-state index contributed by atoms with van der Waals surface area (Å²) in [6.07, 6.45) is 1.56. The third kappa shape index (κ3) is 6.15. The zero-order valence-corrected chi connectivity index (χ0v) is 14.0. The summed E-state index contributed by atoms with van der Waals surface area (Å²) in [4.78, 5) is 12.8. The summed E-state index contributed by atoms with van der Waals surface area (Å²) in [7, 11) is 0. The highest BCUT2D eigenvalue weighted by atomic mass is 32.2. The third-order valence-electron chi connectivity index (χ3n) is 2.98. The topological polar surface area (TPSA) is 74.5 Å². The van der Waals surface area contributed by atoms with Crippen molar-refractivity contribution in [1.82, 2.24) is 5.43 Å². The van der Waals surface area contributed by atoms with E-state index in [0.717, 1.165) is 10.5 Å². The number of hydrazone groups is 1. The largest absolute Gasteiger partial charge is 0.479 e. The quantitative estimate of drug-likeness (QED) is 0.478. The molecule has 0 saturated carbocycles. The third-order valence-corrected chi connectivity index (χ3v) is 3.99. The fourth-order valence-electron chi connectivity index (χ4n) is 1.76. The molecule has 0 aromatic heterocycles. The highest BCUT2D eigenvalue weighted by Gasteiger charge is 2.01. The Hall–Kier alpha value is -2.78. The van der Waals surface area contributed by atoms with Crippen LogP contribution >= 0.6 is 11.8 Å². The Morgan fingerprint density at radius 1 is 1.25 bits per heavy atom. The summed E-state index contributed by atoms with van der Waals surface area (Å²) >= 11 is 1.46. The van der Waals surface area contributed by atoms with Crippen LogP contribution in [0.25, 0.3) is 0 Å². The number of benzene rings is 2. The lowest BCUT2D eigenvalue weighted by Gasteiger charge is -2.02. The number of ether oxygens (including phenoxy) is 1. The number of amides is 1. The van der Waals surface area contributed by atoms with Crippen molar-refractivity contribution in [2.75, 3.05) is 12.4 Å². The van der Waals surface area contributed by atoms with Gasteiger partial charge >= 0.3 is 0 Å². The van der Waals surface area contributed by atoms with Crippen LogP contribution in [0.15, 0.2) is 58.5 Å². The average molecular weight is 339 g/mol. The van der Waals surface area contributed by atoms with E-state index in [1.807, 2.05) is 37.3 Å². The number of carbonyl (C=O) groups excluding carboxylic acids is 1. The molecule has 0 aliphatic carbocycles. The van der Waals surface area contributed by atoms with Gasteiger partial charge in [-0.1, -0.05) is 17.7 Å². The summed E-state index contributed by atoms with van der Waals surface area (Å²) in [5.41, 5.74) is 4.51. The number of nitriles is 1. The van der Waals surface area contributed by atoms with Gasteiger partial charge in [0.15, 0.2) is 6.61 Å². The maximum atomic E-state index is 11.7. The number of nitrogens with one attached hydrogen (secondary N) is 1. The molecule has 1 amide bonds. The molecule has 0 atom stereocenters. The Balaban J connectivity index is 1.75. The monoisotopic (exact) mass is 339 g/mol. The Bertz CT molecular complexity index is 734. The van der Waals surface area contributed by atoms with Crippen LogP contribution in [0.5, 0.6) is 5.75 Å². The first kappa shape index (κ1) is 17.6. The van der Waals surface area contributed by atoms with E-state index in [0.29, 0.717) is 11.5 Å². The number of hydrogen-bond acceptors (Lipinski definition) is 5. The van der Waals surface area contributed by atoms with Crippen molar-refractivity contribution in [3.63, 3.8) is 0 Å². The van der Waals surface area contributed by atoms with E-state index in [9.17, 15) is 4.79 Å². The summed E-state index contributed by atoms with van der Waals surface area (Å²) in [5, 5.41) is 12.4. The highest BCUT2D eigenvalue weighted by molar-refractivity contribution is 8.00. The number of carbonyl (C=O) groups is 1. The fourth-order valence-corrected chi connectivity index (χ4v) is 2.45. The average Bonchev–Trinajstić information content (AvgIpc) is 2.60. The van der Waals surface area contributed by atoms with E-state index >= 15 is 0 Å². The first-order chi connectivity index (χ1) is 11.7. The first-order valence-electron chi connectivity index (χ1n) is 7.28. The molecule has 1 N–H and O–H groups in total. The van der Waals surface area contributed by atoms with Gasteiger partial charge in [0.25, 0.3) is 0 Å². The predicted octanol–water partition coefficient (Wildman–Crippen LogP) is 3.14. The van der Waals surface area contributed by atoms with Crippen molar-refractivity contribution in [1.29, 1.82) is 5.26 Å². The van der Waals surface area contributed by atoms with Gasteiger partial charge in [-0.3, -0.25) is 4.79 Å². The molecular weight excluding hydrogens is 322 g/mol. The molecule has 0 unspecified atom stereocenters. The molecule has 0 fully saturated rings. The van der Waals surface area contributed by atoms with Crippen molar-refractivity contribution < 1.29 is 9.53 Å². The van der Waals surface area contributed by atoms with Gasteiger partial charge < -0.3 is 4.74 Å². The summed E-state index contributed by atoms with van der Waals surface area (Å²) in [6, 6.07) is 17.0. The maximum Gasteiger partial charge on any atom is 0.250 e. The van der Waals surface area contributed by atoms with E-state index in [2.05, 4.69) is 10.5 Å². The van der Waals surface area contributed by atoms with E-state index < -0.39 is 0 Å². The lowest BCUT2D eigenvalue weighted by molar-refractivity contribution is -0.118. The second-order valence-electron chi connectivity index (χ2n) is 4.91. The Morgan fingerprint density at radius 2 is 1.96 bits per heavy atom. The van der Waals surface area contributed by atoms with E-state index in [1.165, 1.54) is 17.3 Å². The lowest BCUT2D eigenvalue weighted by Crippen LogP contribution is -2.19. The molecule has 24 heavy (non-hydrogen) atoms. The van der Waals surface area contributed by atoms with Crippen molar-refractivity contribution in [2.24, 2.45) is 5.10 Å². The van der Waals surface area contributed by atoms with Crippen molar-refractivity contribution in [3.8, 4) is 11.8 Å². The Labute approximate surface area is 145 Å². The molecule has 122 valence electrons. The van der Waals surface area contributed by atoms with Crippen LogP contribution < -0.4 is 10.2 Å². The summed E-state index contributed by atoms with van der Waals surface area (Å²) < 4.78 is 5.16. The minimum absolute atomic E-state index is 0.0160. The van der Waals surface area contributed by atoms with Gasteiger partial charge in [-0.05, 0) is 48.9 Å². The van der Waals surface area contributed by atoms with Crippen LogP contribution in [0, 0.1) is 18.3 Å². The fraction of sp³-hybridized carbons (Fsp3) is 0.167. The van der Waals surface area contributed by atoms with Crippen LogP contribution in [0.3, 0.4) is 0 Å². The number of thioether (sulfide) groups is 1. The molecule has 2 aromatic carbocycles. The lowest BCUT2D eigenvalue weighted by atomic mass is 10.2. The van der Waals surface area contributed by atoms with E-state index in [1.54, 1.807) is 30.5 Å². The van der Waals surface area contributed by atoms with Crippen LogP contribution in [0.4, 0.5) is 0 Å². The second kappa shape index (κ2) is 9.38. The SMILES string of the molecule is Cc1ccc(SCC(=O)N/N=C\c2ccc(OCC#N)cc2)cc1. The molecule has 5 nitrogen and oxygen atoms in total. The minimum atomic E-state index is -0.161. The van der Waals surface area contributed by atoms with Crippen molar-refractivity contribution >= 4 is 23.9 Å². The second-order valence-corrected chi connectivity index (χ2v) is 5.96. The Kier molecular flexibility index (Phi) is 6.87. The molecular formula is C18H17N3O2S. The molecule has 0 saturated heterocycles. The number of hydrogen-bond donors (Lipinski definition) is 1. The highest BCUT2D eigenvalue weighted by Crippen LogP contribution is 2.17. The predicted molar refractivity (Wildman–Crippen MR) is 95.2 cm³/mol. The van der Waals surface area contributed by atoms with E-state index in [-0.39, 0.29) is 12.5 Å². The van der Waals surface area contributed by atoms with Gasteiger partial charge in [-0.2, -0.15) is 10.4 Å². The smallest absolute Gasteiger partial charge is 0.250 e. The van der Waals surface area contributed by atoms with Crippen LogP contribution in [0.1, 0.15) is 11.1 Å². The molecule has 2 aromatic rings. The first-order valence-corrected chi connectivity index (χ1v) is 8.27. The van der Waals surface area contributed by atoms with Gasteiger partial charge in [0.2, 0.25) is 5.91 Å². The van der Waals surface area contributed by atoms with Crippen LogP contribution in [-0.2, 0) is 4.79 Å². The molecule has 6 heteroatoms. The molecule has 2 rings (SSSR count). The normalized spacial score (nSPS) is 10.3. The van der Waals surface area contributed by atoms with Crippen molar-refractivity contribution in [2.45, 2.75) is 11.8 Å². The zero-order chi connectivity index (χ0) is 17.2. The van der Waals surface area contributed by atoms with Crippen molar-refractivity contribution in [3.05, 3.63) is 59.7 Å². The molecule has 0 heterocycles. The molecule has 0 aliphatic rings. The van der Waals surface area contributed by atoms with Crippen LogP contribution in [0.2, 0.25) is 0 Å². The van der Waals surface area contributed by atoms with Gasteiger partial charge in [-0.15, -0.1) is 11.8 Å². The van der Waals surface area contributed by atoms with Crippen LogP contribution in [-0.4, -0.2) is 24.5 Å². The standard InChI is InChI=1S/C18H17N3O2S/c1-14-2-8-17(9-3-14)24-13-18(22)21-20-12-15-4-6-16(7-5-15)23-11-10-19/h2-9,12H,11,13H2,1H3,(H,21,22)/b20-12-. The summed E-state index contributed by atoms with van der Waals surface area (Å²) in [6.45, 7) is 2.04. The van der Waals surface area contributed by atoms with Gasteiger partial charge in [-0.25, -0.2) is 5.43 Å². The van der Waals surface area contributed by atoms with Gasteiger partial charge in [0, 0.05) is 4.90 Å². The maximum absolute atomic E-state index is 11.7. The summed E-state index contributed by atoms with van der Waals surface area (Å²) in [5.74, 6) is 0.763. The number of nitrogens with zero attached hydrogens (tertiary/aromatic N) is 2. The van der Waals surface area contributed by atoms with E-state index in [4.69, 9.17) is 10.00 Å². The minimum Gasteiger partial charge on any atom is -0.479 e. The molecule has 0 bridgehead atoms. The molecule has 0 spiro atoms. The zero-order valence-electron chi connectivity index (χ0n) is 13.2. The Morgan fingerprint density at radius 3 is 2.62 bits per heavy atom. The number of aryl methyl sites for hydroxylation is 1.